The Morgan fingerprint density at radius 3 is 3.12 bits per heavy atom. The number of nitrogens with one attached hydrogen (secondary N) is 1. The zero-order valence-corrected chi connectivity index (χ0v) is 9.70. The topological polar surface area (TPSA) is 33.6 Å². The molecule has 3 nitrogen and oxygen atoms in total. The van der Waals surface area contributed by atoms with Gasteiger partial charge in [-0.3, -0.25) is 4.99 Å². The average molecular weight is 218 g/mol. The summed E-state index contributed by atoms with van der Waals surface area (Å²) in [5.41, 5.74) is 1.12. The van der Waals surface area contributed by atoms with Crippen LogP contribution in [-0.2, 0) is 0 Å². The molecule has 0 aromatic heterocycles. The second-order valence-corrected chi connectivity index (χ2v) is 3.89. The molecule has 0 fully saturated rings. The zero-order valence-electron chi connectivity index (χ0n) is 9.70. The molecule has 16 heavy (non-hydrogen) atoms. The smallest absolute Gasteiger partial charge is 0.128 e. The van der Waals surface area contributed by atoms with E-state index in [1.165, 1.54) is 0 Å². The Balaban J connectivity index is 2.01. The zero-order chi connectivity index (χ0) is 11.2. The summed E-state index contributed by atoms with van der Waals surface area (Å²) in [6.07, 6.45) is 2.26. The maximum absolute atomic E-state index is 5.66. The van der Waals surface area contributed by atoms with Crippen molar-refractivity contribution in [3.05, 3.63) is 29.8 Å². The molecule has 0 saturated heterocycles. The second kappa shape index (κ2) is 5.54. The van der Waals surface area contributed by atoms with Gasteiger partial charge in [0.15, 0.2) is 0 Å². The standard InChI is InChI=1S/C13H18N2O/c1-2-3-9-16-12-6-4-5-11(10-12)13-14-7-8-15-13/h4-6,10H,2-3,7-9H2,1H3,(H,14,15). The van der Waals surface area contributed by atoms with Crippen molar-refractivity contribution >= 4 is 5.84 Å². The van der Waals surface area contributed by atoms with Gasteiger partial charge in [-0.25, -0.2) is 0 Å². The number of aliphatic imine (C=N–C) groups is 1. The fourth-order valence-corrected chi connectivity index (χ4v) is 1.66. The third-order valence-corrected chi connectivity index (χ3v) is 2.55. The molecule has 0 spiro atoms. The molecular formula is C13H18N2O. The van der Waals surface area contributed by atoms with Gasteiger partial charge in [0.05, 0.1) is 13.2 Å². The first-order valence-electron chi connectivity index (χ1n) is 5.91. The minimum Gasteiger partial charge on any atom is -0.494 e. The van der Waals surface area contributed by atoms with E-state index in [1.54, 1.807) is 0 Å². The van der Waals surface area contributed by atoms with Crippen LogP contribution in [-0.4, -0.2) is 25.5 Å². The number of hydrogen-bond donors (Lipinski definition) is 1. The minimum atomic E-state index is 0.792. The van der Waals surface area contributed by atoms with Gasteiger partial charge in [-0.2, -0.15) is 0 Å². The first-order chi connectivity index (χ1) is 7.90. The molecule has 0 radical (unpaired) electrons. The van der Waals surface area contributed by atoms with E-state index < -0.39 is 0 Å². The van der Waals surface area contributed by atoms with Gasteiger partial charge in [0.1, 0.15) is 11.6 Å². The Labute approximate surface area is 96.5 Å². The lowest BCUT2D eigenvalue weighted by molar-refractivity contribution is 0.309. The molecule has 0 aliphatic carbocycles. The lowest BCUT2D eigenvalue weighted by Gasteiger charge is -2.07. The summed E-state index contributed by atoms with van der Waals surface area (Å²) in [5, 5.41) is 3.26. The van der Waals surface area contributed by atoms with Crippen LogP contribution in [0.25, 0.3) is 0 Å². The molecule has 3 heteroatoms. The minimum absolute atomic E-state index is 0.792. The van der Waals surface area contributed by atoms with Gasteiger partial charge in [0.25, 0.3) is 0 Å². The maximum atomic E-state index is 5.66. The highest BCUT2D eigenvalue weighted by molar-refractivity contribution is 6.00. The summed E-state index contributed by atoms with van der Waals surface area (Å²) < 4.78 is 5.66. The van der Waals surface area contributed by atoms with Crippen molar-refractivity contribution < 1.29 is 4.74 Å². The molecule has 2 rings (SSSR count). The molecule has 1 heterocycles. The second-order valence-electron chi connectivity index (χ2n) is 3.89. The van der Waals surface area contributed by atoms with E-state index in [0.717, 1.165) is 49.7 Å². The normalized spacial score (nSPS) is 14.4. The molecule has 0 unspecified atom stereocenters. The number of ether oxygens (including phenoxy) is 1. The predicted molar refractivity (Wildman–Crippen MR) is 66.3 cm³/mol. The van der Waals surface area contributed by atoms with Gasteiger partial charge in [-0.15, -0.1) is 0 Å². The molecule has 1 N–H and O–H groups in total. The van der Waals surface area contributed by atoms with E-state index in [-0.39, 0.29) is 0 Å². The monoisotopic (exact) mass is 218 g/mol. The Hall–Kier alpha value is -1.51. The first-order valence-corrected chi connectivity index (χ1v) is 5.91. The van der Waals surface area contributed by atoms with Gasteiger partial charge in [0, 0.05) is 12.1 Å². The summed E-state index contributed by atoms with van der Waals surface area (Å²) >= 11 is 0. The van der Waals surface area contributed by atoms with Gasteiger partial charge < -0.3 is 10.1 Å². The van der Waals surface area contributed by atoms with Crippen molar-refractivity contribution in [2.24, 2.45) is 4.99 Å². The van der Waals surface area contributed by atoms with E-state index in [9.17, 15) is 0 Å². The lowest BCUT2D eigenvalue weighted by Crippen LogP contribution is -2.19. The van der Waals surface area contributed by atoms with Crippen LogP contribution in [0.4, 0.5) is 0 Å². The van der Waals surface area contributed by atoms with Crippen molar-refractivity contribution in [2.75, 3.05) is 19.7 Å². The number of hydrogen-bond acceptors (Lipinski definition) is 3. The average Bonchev–Trinajstić information content (AvgIpc) is 2.83. The van der Waals surface area contributed by atoms with Crippen molar-refractivity contribution in [3.63, 3.8) is 0 Å². The number of benzene rings is 1. The Morgan fingerprint density at radius 1 is 1.44 bits per heavy atom. The third-order valence-electron chi connectivity index (χ3n) is 2.55. The molecular weight excluding hydrogens is 200 g/mol. The number of amidine groups is 1. The fourth-order valence-electron chi connectivity index (χ4n) is 1.66. The van der Waals surface area contributed by atoms with Gasteiger partial charge in [-0.1, -0.05) is 25.5 Å². The van der Waals surface area contributed by atoms with E-state index >= 15 is 0 Å². The van der Waals surface area contributed by atoms with Gasteiger partial charge in [0.2, 0.25) is 0 Å². The van der Waals surface area contributed by atoms with E-state index in [4.69, 9.17) is 4.74 Å². The van der Waals surface area contributed by atoms with E-state index in [0.29, 0.717) is 0 Å². The summed E-state index contributed by atoms with van der Waals surface area (Å²) in [7, 11) is 0. The third kappa shape index (κ3) is 2.75. The van der Waals surface area contributed by atoms with Crippen molar-refractivity contribution in [1.82, 2.24) is 5.32 Å². The van der Waals surface area contributed by atoms with Gasteiger partial charge in [-0.05, 0) is 18.6 Å². The molecule has 1 aromatic carbocycles. The molecule has 0 amide bonds. The lowest BCUT2D eigenvalue weighted by atomic mass is 10.2. The molecule has 0 atom stereocenters. The summed E-state index contributed by atoms with van der Waals surface area (Å²) in [6, 6.07) is 8.12. The molecule has 1 aliphatic heterocycles. The Bertz CT molecular complexity index is 374. The van der Waals surface area contributed by atoms with Crippen molar-refractivity contribution in [1.29, 1.82) is 0 Å². The fraction of sp³-hybridized carbons (Fsp3) is 0.462. The molecule has 0 bridgehead atoms. The number of unbranched alkanes of at least 4 members (excludes halogenated alkanes) is 1. The van der Waals surface area contributed by atoms with Crippen LogP contribution in [0.5, 0.6) is 5.75 Å². The van der Waals surface area contributed by atoms with Crippen LogP contribution in [0.3, 0.4) is 0 Å². The molecule has 86 valence electrons. The van der Waals surface area contributed by atoms with Crippen LogP contribution in [0.1, 0.15) is 25.3 Å². The van der Waals surface area contributed by atoms with Crippen molar-refractivity contribution in [3.8, 4) is 5.75 Å². The summed E-state index contributed by atoms with van der Waals surface area (Å²) in [6.45, 7) is 4.77. The number of rotatable bonds is 5. The molecule has 1 aliphatic rings. The highest BCUT2D eigenvalue weighted by Crippen LogP contribution is 2.14. The largest absolute Gasteiger partial charge is 0.494 e. The quantitative estimate of drug-likeness (QED) is 0.769. The highest BCUT2D eigenvalue weighted by atomic mass is 16.5. The van der Waals surface area contributed by atoms with Gasteiger partial charge >= 0.3 is 0 Å². The van der Waals surface area contributed by atoms with Crippen LogP contribution >= 0.6 is 0 Å². The Kier molecular flexibility index (Phi) is 3.81. The van der Waals surface area contributed by atoms with Crippen LogP contribution in [0, 0.1) is 0 Å². The predicted octanol–water partition coefficient (Wildman–Crippen LogP) is 2.22. The van der Waals surface area contributed by atoms with Crippen LogP contribution in [0.2, 0.25) is 0 Å². The first kappa shape index (κ1) is 11.0. The maximum Gasteiger partial charge on any atom is 0.128 e. The van der Waals surface area contributed by atoms with Crippen LogP contribution < -0.4 is 10.1 Å². The van der Waals surface area contributed by atoms with E-state index in [2.05, 4.69) is 23.3 Å². The van der Waals surface area contributed by atoms with E-state index in [1.807, 2.05) is 18.2 Å². The summed E-state index contributed by atoms with van der Waals surface area (Å²) in [4.78, 5) is 4.39. The van der Waals surface area contributed by atoms with Crippen LogP contribution in [0.15, 0.2) is 29.3 Å². The molecule has 1 aromatic rings. The number of nitrogens with zero attached hydrogens (tertiary/aromatic N) is 1. The SMILES string of the molecule is CCCCOc1cccc(C2=NCCN2)c1. The Morgan fingerprint density at radius 2 is 2.38 bits per heavy atom. The van der Waals surface area contributed by atoms with Crippen molar-refractivity contribution in [2.45, 2.75) is 19.8 Å². The summed E-state index contributed by atoms with van der Waals surface area (Å²) in [5.74, 6) is 1.92. The molecule has 0 saturated carbocycles. The highest BCUT2D eigenvalue weighted by Gasteiger charge is 2.08.